The van der Waals surface area contributed by atoms with Crippen molar-refractivity contribution in [1.82, 2.24) is 40.0 Å². The lowest BCUT2D eigenvalue weighted by molar-refractivity contribution is -0.144. The summed E-state index contributed by atoms with van der Waals surface area (Å²) in [6, 6.07) is 1.61. The van der Waals surface area contributed by atoms with E-state index in [0.29, 0.717) is 16.9 Å². The van der Waals surface area contributed by atoms with Gasteiger partial charge in [0, 0.05) is 13.0 Å². The first-order chi connectivity index (χ1) is 14.7. The van der Waals surface area contributed by atoms with Gasteiger partial charge in [0.1, 0.15) is 13.0 Å². The molecule has 0 radical (unpaired) electrons. The SMILES string of the molecule is O=C(CCC(F)(F)F)NCc1cnn2cc(CNC(=O)c3ncnn3CCF)nc2c1. The van der Waals surface area contributed by atoms with E-state index in [9.17, 15) is 27.2 Å². The summed E-state index contributed by atoms with van der Waals surface area (Å²) < 4.78 is 51.5. The Kier molecular flexibility index (Phi) is 6.77. The number of nitrogens with one attached hydrogen (secondary N) is 2. The van der Waals surface area contributed by atoms with Crippen LogP contribution < -0.4 is 10.6 Å². The third-order valence-electron chi connectivity index (χ3n) is 4.10. The number of amides is 2. The van der Waals surface area contributed by atoms with Crippen LogP contribution in [0.25, 0.3) is 5.65 Å². The van der Waals surface area contributed by atoms with Crippen molar-refractivity contribution >= 4 is 17.5 Å². The van der Waals surface area contributed by atoms with E-state index in [1.54, 1.807) is 12.3 Å². The molecule has 0 spiro atoms. The second-order valence-corrected chi connectivity index (χ2v) is 6.47. The highest BCUT2D eigenvalue weighted by atomic mass is 19.4. The predicted octanol–water partition coefficient (Wildman–Crippen LogP) is 1.18. The molecule has 0 aliphatic carbocycles. The number of nitrogens with zero attached hydrogens (tertiary/aromatic N) is 6. The van der Waals surface area contributed by atoms with E-state index in [1.165, 1.54) is 10.7 Å². The van der Waals surface area contributed by atoms with E-state index in [2.05, 4.69) is 30.8 Å². The Hall–Kier alpha value is -3.58. The Morgan fingerprint density at radius 1 is 1.13 bits per heavy atom. The van der Waals surface area contributed by atoms with Gasteiger partial charge in [-0.15, -0.1) is 0 Å². The van der Waals surface area contributed by atoms with Crippen molar-refractivity contribution in [1.29, 1.82) is 0 Å². The van der Waals surface area contributed by atoms with Crippen molar-refractivity contribution in [3.05, 3.63) is 41.9 Å². The summed E-state index contributed by atoms with van der Waals surface area (Å²) in [5, 5.41) is 12.9. The van der Waals surface area contributed by atoms with Crippen molar-refractivity contribution < 1.29 is 27.2 Å². The molecule has 31 heavy (non-hydrogen) atoms. The van der Waals surface area contributed by atoms with Gasteiger partial charge in [-0.2, -0.15) is 23.4 Å². The Bertz CT molecular complexity index is 1060. The normalized spacial score (nSPS) is 11.6. The van der Waals surface area contributed by atoms with Gasteiger partial charge < -0.3 is 10.6 Å². The fourth-order valence-electron chi connectivity index (χ4n) is 2.62. The standard InChI is InChI=1S/C17H18F4N8O2/c18-3-4-28-15(24-10-26-28)16(31)23-8-12-9-29-13(27-12)5-11(7-25-29)6-22-14(30)1-2-17(19,20)21/h5,7,9-10H,1-4,6,8H2,(H,22,30)(H,23,31). The first-order valence-corrected chi connectivity index (χ1v) is 9.14. The number of rotatable bonds is 9. The van der Waals surface area contributed by atoms with Crippen molar-refractivity contribution in [2.45, 2.75) is 38.7 Å². The van der Waals surface area contributed by atoms with Crippen molar-refractivity contribution in [3.8, 4) is 0 Å². The molecule has 3 aromatic rings. The third kappa shape index (κ3) is 6.20. The van der Waals surface area contributed by atoms with Gasteiger partial charge in [-0.05, 0) is 11.6 Å². The molecule has 14 heteroatoms. The van der Waals surface area contributed by atoms with Gasteiger partial charge >= 0.3 is 6.18 Å². The highest BCUT2D eigenvalue weighted by Gasteiger charge is 2.27. The fourth-order valence-corrected chi connectivity index (χ4v) is 2.62. The Labute approximate surface area is 172 Å². The van der Waals surface area contributed by atoms with E-state index < -0.39 is 37.5 Å². The minimum atomic E-state index is -4.39. The molecule has 166 valence electrons. The molecule has 2 N–H and O–H groups in total. The molecule has 0 bridgehead atoms. The molecule has 0 aliphatic rings. The number of hydrogen-bond acceptors (Lipinski definition) is 6. The maximum atomic E-state index is 12.5. The van der Waals surface area contributed by atoms with E-state index >= 15 is 0 Å². The maximum Gasteiger partial charge on any atom is 0.389 e. The average Bonchev–Trinajstić information content (AvgIpc) is 3.34. The van der Waals surface area contributed by atoms with Gasteiger partial charge in [0.15, 0.2) is 5.65 Å². The van der Waals surface area contributed by atoms with Crippen molar-refractivity contribution in [2.75, 3.05) is 6.67 Å². The first-order valence-electron chi connectivity index (χ1n) is 9.14. The molecule has 0 aromatic carbocycles. The van der Waals surface area contributed by atoms with Crippen LogP contribution in [0.2, 0.25) is 0 Å². The van der Waals surface area contributed by atoms with Gasteiger partial charge in [-0.25, -0.2) is 23.6 Å². The summed E-state index contributed by atoms with van der Waals surface area (Å²) in [5.41, 5.74) is 1.45. The smallest absolute Gasteiger partial charge is 0.352 e. The van der Waals surface area contributed by atoms with Crippen molar-refractivity contribution in [2.24, 2.45) is 0 Å². The molecule has 0 unspecified atom stereocenters. The third-order valence-corrected chi connectivity index (χ3v) is 4.10. The van der Waals surface area contributed by atoms with Crippen LogP contribution in [-0.2, 0) is 24.4 Å². The van der Waals surface area contributed by atoms with E-state index in [1.807, 2.05) is 0 Å². The Morgan fingerprint density at radius 3 is 2.68 bits per heavy atom. The van der Waals surface area contributed by atoms with Gasteiger partial charge in [0.25, 0.3) is 5.91 Å². The van der Waals surface area contributed by atoms with Crippen LogP contribution in [0.1, 0.15) is 34.7 Å². The lowest BCUT2D eigenvalue weighted by Crippen LogP contribution is -2.27. The molecular formula is C17H18F4N8O2. The number of halogens is 4. The zero-order valence-electron chi connectivity index (χ0n) is 16.1. The van der Waals surface area contributed by atoms with Gasteiger partial charge in [-0.3, -0.25) is 9.59 Å². The number of aromatic nitrogens is 6. The fraction of sp³-hybridized carbons (Fsp3) is 0.412. The highest BCUT2D eigenvalue weighted by molar-refractivity contribution is 5.90. The molecule has 0 fully saturated rings. The second kappa shape index (κ2) is 9.49. The zero-order chi connectivity index (χ0) is 22.4. The number of fused-ring (bicyclic) bond motifs is 1. The van der Waals surface area contributed by atoms with Crippen LogP contribution >= 0.6 is 0 Å². The monoisotopic (exact) mass is 442 g/mol. The summed E-state index contributed by atoms with van der Waals surface area (Å²) in [6.45, 7) is -0.721. The number of carbonyl (C=O) groups excluding carboxylic acids is 2. The first kappa shape index (κ1) is 22.1. The molecule has 3 rings (SSSR count). The van der Waals surface area contributed by atoms with Gasteiger partial charge in [-0.1, -0.05) is 0 Å². The molecule has 0 saturated carbocycles. The quantitative estimate of drug-likeness (QED) is 0.481. The number of carbonyl (C=O) groups is 2. The number of alkyl halides is 4. The summed E-state index contributed by atoms with van der Waals surface area (Å²) in [4.78, 5) is 31.8. The highest BCUT2D eigenvalue weighted by Crippen LogP contribution is 2.21. The second-order valence-electron chi connectivity index (χ2n) is 6.47. The maximum absolute atomic E-state index is 12.5. The summed E-state index contributed by atoms with van der Waals surface area (Å²) in [6.07, 6.45) is -2.04. The molecular weight excluding hydrogens is 424 g/mol. The molecule has 0 atom stereocenters. The van der Waals surface area contributed by atoms with E-state index in [4.69, 9.17) is 0 Å². The molecule has 2 amide bonds. The van der Waals surface area contributed by atoms with E-state index in [0.717, 1.165) is 11.0 Å². The van der Waals surface area contributed by atoms with Crippen LogP contribution in [-0.4, -0.2) is 54.0 Å². The molecule has 0 aliphatic heterocycles. The molecule has 0 saturated heterocycles. The molecule has 10 nitrogen and oxygen atoms in total. The average molecular weight is 442 g/mol. The largest absolute Gasteiger partial charge is 0.389 e. The minimum absolute atomic E-state index is 0.00332. The lowest BCUT2D eigenvalue weighted by Gasteiger charge is -2.07. The van der Waals surface area contributed by atoms with Crippen LogP contribution in [0.3, 0.4) is 0 Å². The Morgan fingerprint density at radius 2 is 1.94 bits per heavy atom. The summed E-state index contributed by atoms with van der Waals surface area (Å²) in [7, 11) is 0. The van der Waals surface area contributed by atoms with Crippen LogP contribution in [0, 0.1) is 0 Å². The van der Waals surface area contributed by atoms with Crippen LogP contribution in [0.5, 0.6) is 0 Å². The van der Waals surface area contributed by atoms with Gasteiger partial charge in [0.05, 0.1) is 37.6 Å². The number of imidazole rings is 1. The van der Waals surface area contributed by atoms with E-state index in [-0.39, 0.29) is 25.5 Å². The van der Waals surface area contributed by atoms with Crippen molar-refractivity contribution in [3.63, 3.8) is 0 Å². The zero-order valence-corrected chi connectivity index (χ0v) is 16.1. The molecule has 3 heterocycles. The summed E-state index contributed by atoms with van der Waals surface area (Å²) >= 11 is 0. The lowest BCUT2D eigenvalue weighted by atomic mass is 10.2. The minimum Gasteiger partial charge on any atom is -0.352 e. The van der Waals surface area contributed by atoms with Gasteiger partial charge in [0.2, 0.25) is 11.7 Å². The Balaban J connectivity index is 1.56. The van der Waals surface area contributed by atoms with Crippen LogP contribution in [0.15, 0.2) is 24.8 Å². The molecule has 3 aromatic heterocycles. The van der Waals surface area contributed by atoms with Crippen LogP contribution in [0.4, 0.5) is 17.6 Å². The predicted molar refractivity (Wildman–Crippen MR) is 97.3 cm³/mol. The topological polar surface area (TPSA) is 119 Å². The number of aryl methyl sites for hydroxylation is 1. The summed E-state index contributed by atoms with van der Waals surface area (Å²) in [5.74, 6) is -1.29. The number of hydrogen-bond donors (Lipinski definition) is 2.